The van der Waals surface area contributed by atoms with Gasteiger partial charge in [-0.2, -0.15) is 0 Å². The summed E-state index contributed by atoms with van der Waals surface area (Å²) in [5.41, 5.74) is 3.32. The molecule has 0 unspecified atom stereocenters. The van der Waals surface area contributed by atoms with Crippen LogP contribution in [-0.4, -0.2) is 60.5 Å². The number of rotatable bonds is 14. The van der Waals surface area contributed by atoms with Gasteiger partial charge in [0.25, 0.3) is 5.91 Å². The van der Waals surface area contributed by atoms with Crippen molar-refractivity contribution in [1.82, 2.24) is 9.62 Å². The summed E-state index contributed by atoms with van der Waals surface area (Å²) in [4.78, 5) is 25.9. The Hall–Kier alpha value is -3.89. The molecule has 0 fully saturated rings. The number of hydrogen-bond acceptors (Lipinski definition) is 6. The Balaban J connectivity index is 1.71. The van der Waals surface area contributed by atoms with E-state index in [1.807, 2.05) is 58.0 Å². The number of benzene rings is 3. The molecule has 3 N–H and O–H groups in total. The molecule has 0 heterocycles. The fourth-order valence-electron chi connectivity index (χ4n) is 4.26. The van der Waals surface area contributed by atoms with E-state index in [-0.39, 0.29) is 42.2 Å². The van der Waals surface area contributed by atoms with Crippen LogP contribution in [-0.2, 0) is 16.4 Å². The average Bonchev–Trinajstić information content (AvgIpc) is 2.94. The van der Waals surface area contributed by atoms with Crippen molar-refractivity contribution in [2.75, 3.05) is 18.8 Å². The molecular formula is C32H40N2O7S. The van der Waals surface area contributed by atoms with E-state index in [4.69, 9.17) is 4.74 Å². The van der Waals surface area contributed by atoms with Gasteiger partial charge in [0.1, 0.15) is 5.75 Å². The standard InChI is InChI=1S/C32H40N2O7S/c1-22(2)17-19-42(39,40)33-31(36)28-15-14-27(20-30(28)41-23(3)4)25-12-10-24(11-13-25)16-18-34(32(37)38)21-29(35)26-8-6-5-7-9-26/h5-15,20,22-23,29,35H,16-19,21H2,1-4H3,(H,33,36)(H,37,38)/t29-/m0/s1. The molecule has 0 bridgehead atoms. The van der Waals surface area contributed by atoms with Gasteiger partial charge in [0.05, 0.1) is 30.1 Å². The molecule has 42 heavy (non-hydrogen) atoms. The second-order valence-electron chi connectivity index (χ2n) is 10.9. The van der Waals surface area contributed by atoms with Crippen LogP contribution in [0.5, 0.6) is 5.75 Å². The highest BCUT2D eigenvalue weighted by molar-refractivity contribution is 7.90. The van der Waals surface area contributed by atoms with Gasteiger partial charge in [0.15, 0.2) is 0 Å². The van der Waals surface area contributed by atoms with E-state index in [9.17, 15) is 28.2 Å². The molecule has 1 atom stereocenters. The molecule has 3 rings (SSSR count). The minimum atomic E-state index is -3.78. The topological polar surface area (TPSA) is 133 Å². The Morgan fingerprint density at radius 1 is 0.929 bits per heavy atom. The van der Waals surface area contributed by atoms with Crippen LogP contribution in [0.2, 0.25) is 0 Å². The van der Waals surface area contributed by atoms with Crippen molar-refractivity contribution in [3.8, 4) is 16.9 Å². The van der Waals surface area contributed by atoms with Gasteiger partial charge in [0, 0.05) is 6.54 Å². The van der Waals surface area contributed by atoms with E-state index in [2.05, 4.69) is 4.72 Å². The Labute approximate surface area is 248 Å². The van der Waals surface area contributed by atoms with Gasteiger partial charge in [0.2, 0.25) is 10.0 Å². The number of nitrogens with zero attached hydrogens (tertiary/aromatic N) is 1. The molecule has 10 heteroatoms. The van der Waals surface area contributed by atoms with Crippen molar-refractivity contribution < 1.29 is 33.0 Å². The fraction of sp³-hybridized carbons (Fsp3) is 0.375. The predicted molar refractivity (Wildman–Crippen MR) is 163 cm³/mol. The van der Waals surface area contributed by atoms with Gasteiger partial charge >= 0.3 is 6.09 Å². The van der Waals surface area contributed by atoms with Gasteiger partial charge in [-0.1, -0.05) is 74.5 Å². The molecule has 0 saturated carbocycles. The van der Waals surface area contributed by atoms with Crippen molar-refractivity contribution in [3.63, 3.8) is 0 Å². The highest BCUT2D eigenvalue weighted by Crippen LogP contribution is 2.29. The molecule has 0 aliphatic heterocycles. The van der Waals surface area contributed by atoms with Gasteiger partial charge in [-0.05, 0) is 67.0 Å². The van der Waals surface area contributed by atoms with E-state index in [0.717, 1.165) is 16.7 Å². The number of ether oxygens (including phenoxy) is 1. The van der Waals surface area contributed by atoms with Crippen molar-refractivity contribution in [2.45, 2.75) is 52.7 Å². The maximum absolute atomic E-state index is 12.9. The number of carbonyl (C=O) groups is 2. The lowest BCUT2D eigenvalue weighted by molar-refractivity contribution is 0.0970. The third-order valence-corrected chi connectivity index (χ3v) is 7.88. The smallest absolute Gasteiger partial charge is 0.407 e. The third kappa shape index (κ3) is 9.88. The van der Waals surface area contributed by atoms with Crippen LogP contribution in [0.4, 0.5) is 4.79 Å². The number of aliphatic hydroxyl groups is 1. The maximum atomic E-state index is 12.9. The summed E-state index contributed by atoms with van der Waals surface area (Å²) in [6.07, 6.45) is -1.37. The Kier molecular flexibility index (Phi) is 11.5. The van der Waals surface area contributed by atoms with Crippen LogP contribution in [0.25, 0.3) is 11.1 Å². The number of aliphatic hydroxyl groups excluding tert-OH is 1. The first kappa shape index (κ1) is 32.6. The summed E-state index contributed by atoms with van der Waals surface area (Å²) in [6, 6.07) is 21.5. The SMILES string of the molecule is CC(C)CCS(=O)(=O)NC(=O)c1ccc(-c2ccc(CCN(C[C@H](O)c3ccccc3)C(=O)O)cc2)cc1OC(C)C. The number of amides is 2. The molecule has 0 aliphatic rings. The molecule has 9 nitrogen and oxygen atoms in total. The van der Waals surface area contributed by atoms with Crippen LogP contribution in [0.3, 0.4) is 0 Å². The number of carboxylic acid groups (broad SMARTS) is 1. The third-order valence-electron chi connectivity index (χ3n) is 6.61. The van der Waals surface area contributed by atoms with Crippen LogP contribution < -0.4 is 9.46 Å². The summed E-state index contributed by atoms with van der Waals surface area (Å²) in [5.74, 6) is -0.418. The number of nitrogens with one attached hydrogen (secondary N) is 1. The Bertz CT molecular complexity index is 1440. The van der Waals surface area contributed by atoms with E-state index >= 15 is 0 Å². The zero-order valence-electron chi connectivity index (χ0n) is 24.5. The summed E-state index contributed by atoms with van der Waals surface area (Å²) >= 11 is 0. The summed E-state index contributed by atoms with van der Waals surface area (Å²) in [6.45, 7) is 7.66. The highest BCUT2D eigenvalue weighted by Gasteiger charge is 2.21. The lowest BCUT2D eigenvalue weighted by atomic mass is 10.0. The van der Waals surface area contributed by atoms with Crippen molar-refractivity contribution in [1.29, 1.82) is 0 Å². The lowest BCUT2D eigenvalue weighted by Gasteiger charge is -2.22. The molecule has 3 aromatic rings. The molecule has 0 aliphatic carbocycles. The molecule has 3 aromatic carbocycles. The number of carbonyl (C=O) groups excluding carboxylic acids is 1. The van der Waals surface area contributed by atoms with Gasteiger partial charge in [-0.25, -0.2) is 17.9 Å². The van der Waals surface area contributed by atoms with E-state index in [1.54, 1.807) is 42.5 Å². The molecule has 0 aromatic heterocycles. The van der Waals surface area contributed by atoms with Crippen molar-refractivity contribution >= 4 is 22.0 Å². The first-order chi connectivity index (χ1) is 19.8. The minimum Gasteiger partial charge on any atom is -0.490 e. The second-order valence-corrected chi connectivity index (χ2v) is 12.8. The highest BCUT2D eigenvalue weighted by atomic mass is 32.2. The molecule has 0 radical (unpaired) electrons. The van der Waals surface area contributed by atoms with Crippen LogP contribution in [0.1, 0.15) is 61.7 Å². The predicted octanol–water partition coefficient (Wildman–Crippen LogP) is 5.50. The molecule has 226 valence electrons. The van der Waals surface area contributed by atoms with E-state index in [1.165, 1.54) is 4.90 Å². The zero-order valence-corrected chi connectivity index (χ0v) is 25.3. The van der Waals surface area contributed by atoms with Crippen LogP contribution >= 0.6 is 0 Å². The zero-order chi connectivity index (χ0) is 30.9. The molecular weight excluding hydrogens is 556 g/mol. The van der Waals surface area contributed by atoms with Gasteiger partial charge < -0.3 is 19.8 Å². The molecule has 0 spiro atoms. The van der Waals surface area contributed by atoms with E-state index in [0.29, 0.717) is 18.4 Å². The van der Waals surface area contributed by atoms with E-state index < -0.39 is 28.1 Å². The maximum Gasteiger partial charge on any atom is 0.407 e. The van der Waals surface area contributed by atoms with Gasteiger partial charge in [-0.3, -0.25) is 4.79 Å². The molecule has 2 amide bonds. The monoisotopic (exact) mass is 596 g/mol. The summed E-state index contributed by atoms with van der Waals surface area (Å²) in [5, 5.41) is 20.1. The Morgan fingerprint density at radius 3 is 2.17 bits per heavy atom. The minimum absolute atomic E-state index is 0.0327. The largest absolute Gasteiger partial charge is 0.490 e. The van der Waals surface area contributed by atoms with Crippen LogP contribution in [0, 0.1) is 5.92 Å². The van der Waals surface area contributed by atoms with Crippen molar-refractivity contribution in [2.24, 2.45) is 5.92 Å². The Morgan fingerprint density at radius 2 is 1.57 bits per heavy atom. The second kappa shape index (κ2) is 14.8. The number of sulfonamides is 1. The normalized spacial score (nSPS) is 12.3. The first-order valence-corrected chi connectivity index (χ1v) is 15.7. The van der Waals surface area contributed by atoms with Crippen LogP contribution in [0.15, 0.2) is 72.8 Å². The summed E-state index contributed by atoms with van der Waals surface area (Å²) < 4.78 is 32.8. The average molecular weight is 597 g/mol. The summed E-state index contributed by atoms with van der Waals surface area (Å²) in [7, 11) is -3.78. The lowest BCUT2D eigenvalue weighted by Crippen LogP contribution is -2.35. The number of hydrogen-bond donors (Lipinski definition) is 3. The first-order valence-electron chi connectivity index (χ1n) is 14.0. The van der Waals surface area contributed by atoms with Gasteiger partial charge in [-0.15, -0.1) is 0 Å². The quantitative estimate of drug-likeness (QED) is 0.224. The van der Waals surface area contributed by atoms with Crippen molar-refractivity contribution in [3.05, 3.63) is 89.5 Å². The molecule has 0 saturated heterocycles. The fourth-order valence-corrected chi connectivity index (χ4v) is 5.54.